The molecule has 0 aliphatic rings. The maximum Gasteiger partial charge on any atom is 0.241 e. The molecule has 1 aromatic carbocycles. The molecule has 142 valence electrons. The highest BCUT2D eigenvalue weighted by Gasteiger charge is 2.22. The lowest BCUT2D eigenvalue weighted by Crippen LogP contribution is -2.39. The van der Waals surface area contributed by atoms with E-state index >= 15 is 0 Å². The Kier molecular flexibility index (Phi) is 7.48. The van der Waals surface area contributed by atoms with E-state index in [0.29, 0.717) is 22.9 Å². The average molecular weight is 349 g/mol. The van der Waals surface area contributed by atoms with Crippen LogP contribution in [-0.4, -0.2) is 17.1 Å². The van der Waals surface area contributed by atoms with Crippen LogP contribution in [0.4, 0.5) is 5.69 Å². The summed E-state index contributed by atoms with van der Waals surface area (Å²) in [6, 6.07) is 4.84. The minimum absolute atomic E-state index is 0.0456. The van der Waals surface area contributed by atoms with E-state index in [2.05, 4.69) is 39.9 Å². The van der Waals surface area contributed by atoms with Gasteiger partial charge in [0.15, 0.2) is 0 Å². The molecule has 0 radical (unpaired) electrons. The van der Waals surface area contributed by atoms with Gasteiger partial charge in [0.1, 0.15) is 5.75 Å². The Morgan fingerprint density at radius 2 is 1.80 bits per heavy atom. The van der Waals surface area contributed by atoms with Gasteiger partial charge in [0.25, 0.3) is 0 Å². The van der Waals surface area contributed by atoms with Gasteiger partial charge in [-0.25, -0.2) is 0 Å². The van der Waals surface area contributed by atoms with Crippen molar-refractivity contribution in [3.8, 4) is 5.75 Å². The molecule has 0 fully saturated rings. The van der Waals surface area contributed by atoms with E-state index in [4.69, 9.17) is 5.73 Å². The summed E-state index contributed by atoms with van der Waals surface area (Å²) < 4.78 is 0. The fraction of sp³-hybridized carbons (Fsp3) is 0.667. The molecule has 0 aliphatic heterocycles. The molecule has 0 aromatic heterocycles. The van der Waals surface area contributed by atoms with Gasteiger partial charge >= 0.3 is 0 Å². The zero-order valence-corrected chi connectivity index (χ0v) is 16.9. The summed E-state index contributed by atoms with van der Waals surface area (Å²) in [6.07, 6.45) is 2.06. The predicted octanol–water partition coefficient (Wildman–Crippen LogP) is 4.56. The molecule has 1 amide bonds. The molecule has 1 aromatic rings. The summed E-state index contributed by atoms with van der Waals surface area (Å²) in [5.74, 6) is 1.01. The molecule has 0 heterocycles. The average Bonchev–Trinajstić information content (AvgIpc) is 2.48. The van der Waals surface area contributed by atoms with Gasteiger partial charge in [-0.15, -0.1) is 0 Å². The Morgan fingerprint density at radius 3 is 2.32 bits per heavy atom. The maximum absolute atomic E-state index is 12.1. The lowest BCUT2D eigenvalue weighted by molar-refractivity contribution is -0.118. The highest BCUT2D eigenvalue weighted by Crippen LogP contribution is 2.32. The molecule has 4 nitrogen and oxygen atoms in total. The number of nitrogens with two attached hydrogens (primary N) is 1. The van der Waals surface area contributed by atoms with E-state index in [1.54, 1.807) is 6.07 Å². The first-order valence-corrected chi connectivity index (χ1v) is 9.30. The van der Waals surface area contributed by atoms with Crippen LogP contribution in [0, 0.1) is 23.2 Å². The number of benzene rings is 1. The monoisotopic (exact) mass is 348 g/mol. The van der Waals surface area contributed by atoms with Crippen LogP contribution >= 0.6 is 0 Å². The summed E-state index contributed by atoms with van der Waals surface area (Å²) in [4.78, 5) is 12.1. The molecule has 1 rings (SSSR count). The van der Waals surface area contributed by atoms with Crippen LogP contribution in [0.25, 0.3) is 0 Å². The lowest BCUT2D eigenvalue weighted by atomic mass is 9.76. The van der Waals surface area contributed by atoms with E-state index in [1.165, 1.54) is 0 Å². The minimum Gasteiger partial charge on any atom is -0.506 e. The number of hydrogen-bond acceptors (Lipinski definition) is 3. The van der Waals surface area contributed by atoms with Crippen LogP contribution < -0.4 is 11.1 Å². The normalized spacial score (nSPS) is 15.7. The number of hydrogen-bond donors (Lipinski definition) is 3. The van der Waals surface area contributed by atoms with E-state index in [9.17, 15) is 9.90 Å². The third-order valence-corrected chi connectivity index (χ3v) is 5.16. The first kappa shape index (κ1) is 21.5. The third-order valence-electron chi connectivity index (χ3n) is 5.16. The van der Waals surface area contributed by atoms with Crippen LogP contribution in [0.3, 0.4) is 0 Å². The van der Waals surface area contributed by atoms with Crippen LogP contribution in [0.15, 0.2) is 18.2 Å². The zero-order chi connectivity index (χ0) is 19.4. The van der Waals surface area contributed by atoms with Crippen molar-refractivity contribution >= 4 is 11.6 Å². The van der Waals surface area contributed by atoms with Crippen LogP contribution in [0.1, 0.15) is 60.5 Å². The van der Waals surface area contributed by atoms with Gasteiger partial charge in [-0.3, -0.25) is 4.79 Å². The Balaban J connectivity index is 2.79. The van der Waals surface area contributed by atoms with Crippen molar-refractivity contribution in [3.05, 3.63) is 23.8 Å². The summed E-state index contributed by atoms with van der Waals surface area (Å²) in [5, 5.41) is 12.8. The standard InChI is InChI=1S/C21H36N2O2/c1-13(2)19(22)20(25)23-17-12-16(8-9-18(17)24)11-14(3)10-15(4)21(5,6)7/h8-9,12-15,19,24H,10-11,22H2,1-7H3,(H,23,25)/t14-,15?,19?/m1/s1. The largest absolute Gasteiger partial charge is 0.506 e. The summed E-state index contributed by atoms with van der Waals surface area (Å²) in [6.45, 7) is 15.2. The lowest BCUT2D eigenvalue weighted by Gasteiger charge is -2.29. The molecular formula is C21H36N2O2. The first-order chi connectivity index (χ1) is 11.4. The second-order valence-electron chi connectivity index (χ2n) is 8.92. The number of aromatic hydroxyl groups is 1. The fourth-order valence-corrected chi connectivity index (χ4v) is 2.77. The van der Waals surface area contributed by atoms with Gasteiger partial charge in [-0.2, -0.15) is 0 Å². The Hall–Kier alpha value is -1.55. The van der Waals surface area contributed by atoms with Crippen LogP contribution in [-0.2, 0) is 11.2 Å². The van der Waals surface area contributed by atoms with E-state index in [1.807, 2.05) is 26.0 Å². The molecule has 0 aliphatic carbocycles. The molecule has 25 heavy (non-hydrogen) atoms. The molecule has 4 N–H and O–H groups in total. The van der Waals surface area contributed by atoms with Gasteiger partial charge in [0.05, 0.1) is 11.7 Å². The molecule has 0 bridgehead atoms. The van der Waals surface area contributed by atoms with Gasteiger partial charge in [-0.1, -0.05) is 54.5 Å². The van der Waals surface area contributed by atoms with E-state index in [0.717, 1.165) is 18.4 Å². The van der Waals surface area contributed by atoms with Gasteiger partial charge < -0.3 is 16.2 Å². The molecule has 2 unspecified atom stereocenters. The Bertz CT molecular complexity index is 576. The Morgan fingerprint density at radius 1 is 1.20 bits per heavy atom. The smallest absolute Gasteiger partial charge is 0.241 e. The first-order valence-electron chi connectivity index (χ1n) is 9.30. The number of rotatable bonds is 7. The molecule has 0 saturated heterocycles. The van der Waals surface area contributed by atoms with Crippen LogP contribution in [0.2, 0.25) is 0 Å². The van der Waals surface area contributed by atoms with Crippen molar-refractivity contribution in [2.24, 2.45) is 28.9 Å². The molecule has 0 saturated carbocycles. The SMILES string of the molecule is CC(C)C(N)C(=O)Nc1cc(C[C@H](C)CC(C)C(C)(C)C)ccc1O. The number of phenols is 1. The van der Waals surface area contributed by atoms with Crippen molar-refractivity contribution in [1.29, 1.82) is 0 Å². The topological polar surface area (TPSA) is 75.4 Å². The van der Waals surface area contributed by atoms with Crippen molar-refractivity contribution in [1.82, 2.24) is 0 Å². The van der Waals surface area contributed by atoms with Crippen LogP contribution in [0.5, 0.6) is 5.75 Å². The van der Waals surface area contributed by atoms with Gasteiger partial charge in [0, 0.05) is 0 Å². The van der Waals surface area contributed by atoms with Crippen molar-refractivity contribution < 1.29 is 9.90 Å². The second-order valence-corrected chi connectivity index (χ2v) is 8.92. The predicted molar refractivity (Wildman–Crippen MR) is 106 cm³/mol. The van der Waals surface area contributed by atoms with Gasteiger partial charge in [-0.05, 0) is 53.7 Å². The number of anilines is 1. The summed E-state index contributed by atoms with van der Waals surface area (Å²) in [5.41, 5.74) is 7.73. The second kappa shape index (κ2) is 8.70. The number of phenolic OH excluding ortho intramolecular Hbond substituents is 1. The summed E-state index contributed by atoms with van der Waals surface area (Å²) >= 11 is 0. The van der Waals surface area contributed by atoms with Crippen molar-refractivity contribution in [3.63, 3.8) is 0 Å². The quantitative estimate of drug-likeness (QED) is 0.632. The third kappa shape index (κ3) is 6.69. The molecule has 0 spiro atoms. The number of carbonyl (C=O) groups excluding carboxylic acids is 1. The maximum atomic E-state index is 12.1. The minimum atomic E-state index is -0.588. The van der Waals surface area contributed by atoms with Crippen molar-refractivity contribution in [2.75, 3.05) is 5.32 Å². The van der Waals surface area contributed by atoms with E-state index in [-0.39, 0.29) is 17.6 Å². The highest BCUT2D eigenvalue weighted by molar-refractivity contribution is 5.96. The summed E-state index contributed by atoms with van der Waals surface area (Å²) in [7, 11) is 0. The molecule has 3 atom stereocenters. The molecular weight excluding hydrogens is 312 g/mol. The highest BCUT2D eigenvalue weighted by atomic mass is 16.3. The zero-order valence-electron chi connectivity index (χ0n) is 16.9. The Labute approximate surface area is 153 Å². The fourth-order valence-electron chi connectivity index (χ4n) is 2.77. The molecule has 4 heteroatoms. The number of carbonyl (C=O) groups is 1. The number of nitrogens with one attached hydrogen (secondary N) is 1. The van der Waals surface area contributed by atoms with Crippen molar-refractivity contribution in [2.45, 2.75) is 67.3 Å². The number of amides is 1. The van der Waals surface area contributed by atoms with E-state index < -0.39 is 6.04 Å². The van der Waals surface area contributed by atoms with Gasteiger partial charge in [0.2, 0.25) is 5.91 Å².